The number of Topliss-reactive ketones (excluding diaryl/α,β-unsaturated/α-hetero) is 1. The Morgan fingerprint density at radius 3 is 2.64 bits per heavy atom. The van der Waals surface area contributed by atoms with E-state index >= 15 is 0 Å². The van der Waals surface area contributed by atoms with Gasteiger partial charge in [0, 0.05) is 12.8 Å². The fraction of sp³-hybridized carbons (Fsp3) is 0.524. The first-order valence-electron chi connectivity index (χ1n) is 9.13. The summed E-state index contributed by atoms with van der Waals surface area (Å²) in [4.78, 5) is 22.5. The Kier molecular flexibility index (Phi) is 5.26. The van der Waals surface area contributed by atoms with Crippen molar-refractivity contribution in [1.82, 2.24) is 0 Å². The van der Waals surface area contributed by atoms with Gasteiger partial charge in [0.25, 0.3) is 0 Å². The van der Waals surface area contributed by atoms with Gasteiger partial charge in [0.15, 0.2) is 0 Å². The van der Waals surface area contributed by atoms with Crippen LogP contribution in [0.2, 0.25) is 0 Å². The van der Waals surface area contributed by atoms with Crippen molar-refractivity contribution in [1.29, 1.82) is 0 Å². The van der Waals surface area contributed by atoms with Crippen molar-refractivity contribution < 1.29 is 19.4 Å². The van der Waals surface area contributed by atoms with Gasteiger partial charge in [-0.2, -0.15) is 0 Å². The van der Waals surface area contributed by atoms with Gasteiger partial charge in [0.05, 0.1) is 6.42 Å². The lowest BCUT2D eigenvalue weighted by molar-refractivity contribution is -0.137. The number of benzene rings is 1. The van der Waals surface area contributed by atoms with Crippen LogP contribution in [0, 0.1) is 5.41 Å². The number of allylic oxidation sites excluding steroid dienone is 1. The lowest BCUT2D eigenvalue weighted by Crippen LogP contribution is -2.20. The molecule has 1 aromatic carbocycles. The van der Waals surface area contributed by atoms with E-state index in [0.717, 1.165) is 43.4 Å². The van der Waals surface area contributed by atoms with Crippen LogP contribution in [0.1, 0.15) is 63.4 Å². The monoisotopic (exact) mass is 342 g/mol. The smallest absolute Gasteiger partial charge is 0.303 e. The number of hydrogen-bond acceptors (Lipinski definition) is 3. The normalized spacial score (nSPS) is 24.2. The topological polar surface area (TPSA) is 63.6 Å². The summed E-state index contributed by atoms with van der Waals surface area (Å²) in [6, 6.07) is 7.70. The number of ketones is 1. The Balaban J connectivity index is 1.58. The van der Waals surface area contributed by atoms with Crippen molar-refractivity contribution >= 4 is 11.8 Å². The van der Waals surface area contributed by atoms with Gasteiger partial charge in [-0.1, -0.05) is 25.1 Å². The second kappa shape index (κ2) is 7.42. The second-order valence-electron chi connectivity index (χ2n) is 7.59. The van der Waals surface area contributed by atoms with Gasteiger partial charge >= 0.3 is 5.97 Å². The molecule has 1 spiro atoms. The molecule has 1 aromatic rings. The molecular weight excluding hydrogens is 316 g/mol. The molecule has 0 aliphatic heterocycles. The highest BCUT2D eigenvalue weighted by Gasteiger charge is 2.38. The van der Waals surface area contributed by atoms with E-state index in [1.165, 1.54) is 5.57 Å². The van der Waals surface area contributed by atoms with Crippen LogP contribution >= 0.6 is 0 Å². The third-order valence-corrected chi connectivity index (χ3v) is 5.49. The lowest BCUT2D eigenvalue weighted by Gasteiger charge is -2.30. The second-order valence-corrected chi connectivity index (χ2v) is 7.59. The Labute approximate surface area is 148 Å². The van der Waals surface area contributed by atoms with Gasteiger partial charge in [0.1, 0.15) is 18.1 Å². The molecule has 4 nitrogen and oxygen atoms in total. The van der Waals surface area contributed by atoms with Crippen LogP contribution in [-0.2, 0) is 9.59 Å². The Morgan fingerprint density at radius 1 is 1.24 bits per heavy atom. The molecule has 0 saturated heterocycles. The number of carbonyl (C=O) groups is 2. The molecule has 2 atom stereocenters. The molecule has 0 radical (unpaired) electrons. The number of carboxylic acids is 1. The maximum atomic E-state index is 11.7. The first kappa shape index (κ1) is 17.7. The molecule has 2 aliphatic carbocycles. The summed E-state index contributed by atoms with van der Waals surface area (Å²) < 4.78 is 5.92. The van der Waals surface area contributed by atoms with Gasteiger partial charge in [0.2, 0.25) is 0 Å². The summed E-state index contributed by atoms with van der Waals surface area (Å²) >= 11 is 0. The third kappa shape index (κ3) is 4.50. The molecule has 0 aromatic heterocycles. The minimum atomic E-state index is -0.781. The molecule has 134 valence electrons. The van der Waals surface area contributed by atoms with Crippen LogP contribution in [0.15, 0.2) is 35.9 Å². The number of aliphatic carboxylic acids is 1. The average molecular weight is 342 g/mol. The quantitative estimate of drug-likeness (QED) is 0.774. The third-order valence-electron chi connectivity index (χ3n) is 5.49. The predicted molar refractivity (Wildman–Crippen MR) is 95.8 cm³/mol. The lowest BCUT2D eigenvalue weighted by atomic mass is 9.75. The zero-order valence-corrected chi connectivity index (χ0v) is 14.8. The number of rotatable bonds is 6. The summed E-state index contributed by atoms with van der Waals surface area (Å²) in [6.45, 7) is 2.49. The van der Waals surface area contributed by atoms with Crippen LogP contribution in [0.4, 0.5) is 0 Å². The Hall–Kier alpha value is -2.10. The molecule has 25 heavy (non-hydrogen) atoms. The van der Waals surface area contributed by atoms with E-state index in [2.05, 4.69) is 6.08 Å². The van der Waals surface area contributed by atoms with Gasteiger partial charge in [-0.25, -0.2) is 0 Å². The molecule has 1 fully saturated rings. The molecule has 0 bridgehead atoms. The molecule has 0 heterocycles. The molecule has 0 amide bonds. The molecule has 2 aliphatic rings. The zero-order chi connectivity index (χ0) is 17.9. The van der Waals surface area contributed by atoms with Crippen molar-refractivity contribution in [3.05, 3.63) is 41.5 Å². The van der Waals surface area contributed by atoms with E-state index in [1.807, 2.05) is 31.2 Å². The van der Waals surface area contributed by atoms with Crippen molar-refractivity contribution in [3.63, 3.8) is 0 Å². The number of carboxylic acid groups (broad SMARTS) is 1. The van der Waals surface area contributed by atoms with E-state index in [-0.39, 0.29) is 17.8 Å². The molecule has 1 saturated carbocycles. The summed E-state index contributed by atoms with van der Waals surface area (Å²) in [5.74, 6) is 0.405. The van der Waals surface area contributed by atoms with Crippen molar-refractivity contribution in [3.8, 4) is 5.75 Å². The van der Waals surface area contributed by atoms with Gasteiger partial charge in [-0.15, -0.1) is 0 Å². The first-order valence-corrected chi connectivity index (χ1v) is 9.13. The molecule has 1 N–H and O–H groups in total. The fourth-order valence-corrected chi connectivity index (χ4v) is 4.10. The SMILES string of the molecule is C[C@@H](CC(=O)O)c1ccc(OCC2=C[C@@]3(CCC2)CCC(=O)C3)cc1. The van der Waals surface area contributed by atoms with Crippen LogP contribution in [-0.4, -0.2) is 23.5 Å². The summed E-state index contributed by atoms with van der Waals surface area (Å²) in [6.07, 6.45) is 8.16. The Bertz CT molecular complexity index is 674. The highest BCUT2D eigenvalue weighted by molar-refractivity contribution is 5.82. The Morgan fingerprint density at radius 2 is 2.00 bits per heavy atom. The zero-order valence-electron chi connectivity index (χ0n) is 14.8. The standard InChI is InChI=1S/C21H26O4/c1-15(11-20(23)24)17-4-6-19(7-5-17)25-14-16-3-2-9-21(12-16)10-8-18(22)13-21/h4-7,12,15H,2-3,8-11,13-14H2,1H3,(H,23,24)/t15-,21+/m0/s1. The van der Waals surface area contributed by atoms with Crippen LogP contribution < -0.4 is 4.74 Å². The number of ether oxygens (including phenoxy) is 1. The van der Waals surface area contributed by atoms with Crippen LogP contribution in [0.5, 0.6) is 5.75 Å². The fourth-order valence-electron chi connectivity index (χ4n) is 4.10. The highest BCUT2D eigenvalue weighted by atomic mass is 16.5. The maximum absolute atomic E-state index is 11.7. The van der Waals surface area contributed by atoms with Crippen LogP contribution in [0.25, 0.3) is 0 Å². The van der Waals surface area contributed by atoms with Gasteiger partial charge in [-0.3, -0.25) is 9.59 Å². The molecule has 0 unspecified atom stereocenters. The van der Waals surface area contributed by atoms with E-state index in [9.17, 15) is 9.59 Å². The van der Waals surface area contributed by atoms with Crippen molar-refractivity contribution in [2.45, 2.75) is 57.8 Å². The van der Waals surface area contributed by atoms with E-state index in [0.29, 0.717) is 18.8 Å². The summed E-state index contributed by atoms with van der Waals surface area (Å²) in [7, 11) is 0. The molecule has 3 rings (SSSR count). The molecular formula is C21H26O4. The van der Waals surface area contributed by atoms with Crippen molar-refractivity contribution in [2.24, 2.45) is 5.41 Å². The van der Waals surface area contributed by atoms with Crippen LogP contribution in [0.3, 0.4) is 0 Å². The number of carbonyl (C=O) groups excluding carboxylic acids is 1. The van der Waals surface area contributed by atoms with Gasteiger partial charge < -0.3 is 9.84 Å². The van der Waals surface area contributed by atoms with E-state index in [4.69, 9.17) is 9.84 Å². The van der Waals surface area contributed by atoms with E-state index in [1.54, 1.807) is 0 Å². The predicted octanol–water partition coefficient (Wildman–Crippen LogP) is 4.49. The minimum absolute atomic E-state index is 0.00707. The maximum Gasteiger partial charge on any atom is 0.303 e. The van der Waals surface area contributed by atoms with Crippen molar-refractivity contribution in [2.75, 3.05) is 6.61 Å². The summed E-state index contributed by atoms with van der Waals surface area (Å²) in [5.41, 5.74) is 2.41. The minimum Gasteiger partial charge on any atom is -0.489 e. The highest BCUT2D eigenvalue weighted by Crippen LogP contribution is 2.45. The first-order chi connectivity index (χ1) is 12.0. The van der Waals surface area contributed by atoms with E-state index < -0.39 is 5.97 Å². The molecule has 4 heteroatoms. The largest absolute Gasteiger partial charge is 0.489 e. The summed E-state index contributed by atoms with van der Waals surface area (Å²) in [5, 5.41) is 8.88. The van der Waals surface area contributed by atoms with Gasteiger partial charge in [-0.05, 0) is 60.3 Å². The average Bonchev–Trinajstić information content (AvgIpc) is 2.93. The number of hydrogen-bond donors (Lipinski definition) is 1.